The third-order valence-electron chi connectivity index (χ3n) is 6.00. The van der Waals surface area contributed by atoms with E-state index in [1.807, 2.05) is 78.9 Å². The summed E-state index contributed by atoms with van der Waals surface area (Å²) in [6.45, 7) is 0.209. The van der Waals surface area contributed by atoms with E-state index in [9.17, 15) is 8.42 Å². The largest absolute Gasteiger partial charge is 0.470 e. The quantitative estimate of drug-likeness (QED) is 0.295. The molecular weight excluding hydrogens is 470 g/mol. The number of nitrogens with one attached hydrogen (secondary N) is 1. The van der Waals surface area contributed by atoms with Gasteiger partial charge in [-0.2, -0.15) is 0 Å². The molecule has 0 spiro atoms. The Hall–Kier alpha value is -4.49. The van der Waals surface area contributed by atoms with Crippen LogP contribution in [-0.2, 0) is 16.6 Å². The number of rotatable bonds is 6. The molecule has 1 N–H and O–H groups in total. The number of fused-ring (bicyclic) bond motifs is 3. The molecule has 6 aromatic rings. The zero-order valence-electron chi connectivity index (χ0n) is 19.1. The average Bonchev–Trinajstić information content (AvgIpc) is 2.91. The van der Waals surface area contributed by atoms with Crippen molar-refractivity contribution in [3.8, 4) is 5.88 Å². The number of anilines is 1. The second-order valence-corrected chi connectivity index (χ2v) is 10.1. The zero-order chi connectivity index (χ0) is 24.5. The van der Waals surface area contributed by atoms with Crippen LogP contribution in [0.2, 0.25) is 0 Å². The molecule has 6 nitrogen and oxygen atoms in total. The van der Waals surface area contributed by atoms with Gasteiger partial charge in [-0.15, -0.1) is 0 Å². The van der Waals surface area contributed by atoms with Crippen LogP contribution in [0.5, 0.6) is 5.88 Å². The van der Waals surface area contributed by atoms with Crippen molar-refractivity contribution in [3.63, 3.8) is 0 Å². The summed E-state index contributed by atoms with van der Waals surface area (Å²) in [6.07, 6.45) is 0. The van der Waals surface area contributed by atoms with Gasteiger partial charge < -0.3 is 4.74 Å². The van der Waals surface area contributed by atoms with E-state index in [0.717, 1.165) is 21.7 Å². The van der Waals surface area contributed by atoms with E-state index in [-0.39, 0.29) is 23.2 Å². The predicted molar refractivity (Wildman–Crippen MR) is 143 cm³/mol. The van der Waals surface area contributed by atoms with Gasteiger partial charge in [0.15, 0.2) is 0 Å². The second kappa shape index (κ2) is 8.94. The molecule has 7 heteroatoms. The van der Waals surface area contributed by atoms with E-state index in [2.05, 4.69) is 20.8 Å². The minimum absolute atomic E-state index is 0.0439. The Kier molecular flexibility index (Phi) is 5.47. The smallest absolute Gasteiger partial charge is 0.263 e. The summed E-state index contributed by atoms with van der Waals surface area (Å²) < 4.78 is 35.7. The van der Waals surface area contributed by atoms with E-state index in [1.165, 1.54) is 0 Å². The van der Waals surface area contributed by atoms with E-state index in [1.54, 1.807) is 24.3 Å². The number of nitrogens with zero attached hydrogens (tertiary/aromatic N) is 2. The molecule has 1 heterocycles. The molecule has 0 unspecified atom stereocenters. The number of sulfonamides is 1. The summed E-state index contributed by atoms with van der Waals surface area (Å²) in [5.41, 5.74) is 2.11. The first-order valence-corrected chi connectivity index (χ1v) is 12.9. The van der Waals surface area contributed by atoms with Gasteiger partial charge >= 0.3 is 0 Å². The lowest BCUT2D eigenvalue weighted by Crippen LogP contribution is -2.16. The molecule has 0 atom stereocenters. The number of benzene rings is 5. The third-order valence-corrected chi connectivity index (χ3v) is 7.40. The minimum atomic E-state index is -3.98. The van der Waals surface area contributed by atoms with Crippen LogP contribution in [0, 0.1) is 0 Å². The van der Waals surface area contributed by atoms with E-state index < -0.39 is 10.0 Å². The molecular formula is C29H21N3O3S. The van der Waals surface area contributed by atoms with Crippen molar-refractivity contribution in [1.82, 2.24) is 9.97 Å². The van der Waals surface area contributed by atoms with Crippen LogP contribution in [0.25, 0.3) is 32.6 Å². The summed E-state index contributed by atoms with van der Waals surface area (Å²) in [6, 6.07) is 33.9. The maximum atomic E-state index is 13.5. The van der Waals surface area contributed by atoms with Gasteiger partial charge in [-0.05, 0) is 46.0 Å². The first-order valence-electron chi connectivity index (χ1n) is 11.4. The number of aromatic nitrogens is 2. The molecule has 0 saturated carbocycles. The fraction of sp³-hybridized carbons (Fsp3) is 0.0345. The van der Waals surface area contributed by atoms with Gasteiger partial charge in [-0.25, -0.2) is 18.4 Å². The summed E-state index contributed by atoms with van der Waals surface area (Å²) in [7, 11) is -3.98. The van der Waals surface area contributed by atoms with Crippen LogP contribution in [0.15, 0.2) is 114 Å². The third kappa shape index (κ3) is 4.21. The highest BCUT2D eigenvalue weighted by molar-refractivity contribution is 7.93. The Morgan fingerprint density at radius 2 is 1.33 bits per heavy atom. The van der Waals surface area contributed by atoms with Crippen LogP contribution in [-0.4, -0.2) is 18.4 Å². The normalized spacial score (nSPS) is 11.7. The SMILES string of the molecule is O=S(=O)(Nc1nc2ccccc2nc1OCc1ccc2ccccc2c1)c1cccc2ccccc12. The van der Waals surface area contributed by atoms with Gasteiger partial charge in [0.1, 0.15) is 6.61 Å². The van der Waals surface area contributed by atoms with Crippen LogP contribution in [0.4, 0.5) is 5.82 Å². The fourth-order valence-electron chi connectivity index (χ4n) is 4.24. The molecule has 5 aromatic carbocycles. The lowest BCUT2D eigenvalue weighted by molar-refractivity contribution is 0.296. The molecule has 0 bridgehead atoms. The van der Waals surface area contributed by atoms with Crippen LogP contribution >= 0.6 is 0 Å². The molecule has 0 amide bonds. The van der Waals surface area contributed by atoms with Crippen molar-refractivity contribution in [2.24, 2.45) is 0 Å². The van der Waals surface area contributed by atoms with Gasteiger partial charge in [-0.3, -0.25) is 4.72 Å². The Bertz CT molecular complexity index is 1850. The van der Waals surface area contributed by atoms with Crippen molar-refractivity contribution < 1.29 is 13.2 Å². The monoisotopic (exact) mass is 491 g/mol. The summed E-state index contributed by atoms with van der Waals surface area (Å²) in [5, 5.41) is 3.69. The Morgan fingerprint density at radius 1 is 0.667 bits per heavy atom. The second-order valence-electron chi connectivity index (χ2n) is 8.42. The molecule has 1 aromatic heterocycles. The molecule has 0 aliphatic heterocycles. The minimum Gasteiger partial charge on any atom is -0.470 e. The lowest BCUT2D eigenvalue weighted by Gasteiger charge is -2.14. The topological polar surface area (TPSA) is 81.2 Å². The molecule has 36 heavy (non-hydrogen) atoms. The Morgan fingerprint density at radius 3 is 2.17 bits per heavy atom. The van der Waals surface area contributed by atoms with Crippen molar-refractivity contribution in [3.05, 3.63) is 115 Å². The van der Waals surface area contributed by atoms with E-state index >= 15 is 0 Å². The highest BCUT2D eigenvalue weighted by Gasteiger charge is 2.22. The summed E-state index contributed by atoms with van der Waals surface area (Å²) >= 11 is 0. The van der Waals surface area contributed by atoms with Crippen LogP contribution in [0.3, 0.4) is 0 Å². The number of para-hydroxylation sites is 2. The summed E-state index contributed by atoms with van der Waals surface area (Å²) in [4.78, 5) is 9.29. The summed E-state index contributed by atoms with van der Waals surface area (Å²) in [5.74, 6) is 0.160. The molecule has 0 saturated heterocycles. The van der Waals surface area contributed by atoms with Crippen molar-refractivity contribution >= 4 is 48.4 Å². The first-order chi connectivity index (χ1) is 17.6. The molecule has 0 radical (unpaired) electrons. The Balaban J connectivity index is 1.38. The highest BCUT2D eigenvalue weighted by Crippen LogP contribution is 2.29. The molecule has 0 fully saturated rings. The van der Waals surface area contributed by atoms with Crippen LogP contribution in [0.1, 0.15) is 5.56 Å². The Labute approximate surface area is 208 Å². The number of hydrogen-bond acceptors (Lipinski definition) is 5. The molecule has 6 rings (SSSR count). The van der Waals surface area contributed by atoms with Gasteiger partial charge in [0.05, 0.1) is 15.9 Å². The predicted octanol–water partition coefficient (Wildman–Crippen LogP) is 6.32. The average molecular weight is 492 g/mol. The maximum absolute atomic E-state index is 13.5. The fourth-order valence-corrected chi connectivity index (χ4v) is 5.47. The van der Waals surface area contributed by atoms with Gasteiger partial charge in [-0.1, -0.05) is 84.9 Å². The van der Waals surface area contributed by atoms with Gasteiger partial charge in [0.25, 0.3) is 15.9 Å². The zero-order valence-corrected chi connectivity index (χ0v) is 19.9. The molecule has 0 aliphatic rings. The lowest BCUT2D eigenvalue weighted by atomic mass is 10.1. The van der Waals surface area contributed by atoms with Gasteiger partial charge in [0.2, 0.25) is 5.82 Å². The van der Waals surface area contributed by atoms with Crippen LogP contribution < -0.4 is 9.46 Å². The first kappa shape index (κ1) is 22.0. The number of ether oxygens (including phenoxy) is 1. The standard InChI is InChI=1S/C29H21N3O3S/c33-36(34,27-15-7-11-22-9-3-4-12-24(22)27)32-28-29(31-26-14-6-5-13-25(26)30-28)35-19-20-16-17-21-8-1-2-10-23(21)18-20/h1-18H,19H2,(H,30,32). The van der Waals surface area contributed by atoms with E-state index in [4.69, 9.17) is 4.74 Å². The van der Waals surface area contributed by atoms with Crippen molar-refractivity contribution in [2.45, 2.75) is 11.5 Å². The van der Waals surface area contributed by atoms with E-state index in [0.29, 0.717) is 16.4 Å². The molecule has 0 aliphatic carbocycles. The number of hydrogen-bond donors (Lipinski definition) is 1. The van der Waals surface area contributed by atoms with Crippen molar-refractivity contribution in [2.75, 3.05) is 4.72 Å². The highest BCUT2D eigenvalue weighted by atomic mass is 32.2. The van der Waals surface area contributed by atoms with Crippen molar-refractivity contribution in [1.29, 1.82) is 0 Å². The maximum Gasteiger partial charge on any atom is 0.263 e. The molecule has 176 valence electrons. The van der Waals surface area contributed by atoms with Gasteiger partial charge in [0, 0.05) is 5.39 Å².